The van der Waals surface area contributed by atoms with Crippen molar-refractivity contribution in [3.8, 4) is 5.75 Å². The molecule has 1 amide bonds. The number of alkyl halides is 4. The lowest BCUT2D eigenvalue weighted by atomic mass is 10.2. The number of nitrogens with one attached hydrogen (secondary N) is 1. The Morgan fingerprint density at radius 1 is 1.42 bits per heavy atom. The summed E-state index contributed by atoms with van der Waals surface area (Å²) < 4.78 is 48.3. The number of nitrogens with zero attached hydrogens (tertiary/aromatic N) is 1. The molecule has 2 N–H and O–H groups in total. The van der Waals surface area contributed by atoms with Crippen LogP contribution in [0.15, 0.2) is 18.2 Å². The first-order valence-electron chi connectivity index (χ1n) is 4.62. The van der Waals surface area contributed by atoms with E-state index in [1.807, 2.05) is 0 Å². The van der Waals surface area contributed by atoms with Crippen LogP contribution in [0.1, 0.15) is 0 Å². The van der Waals surface area contributed by atoms with E-state index < -0.39 is 40.3 Å². The second kappa shape index (κ2) is 5.08. The number of anilines is 1. The topological polar surface area (TPSA) is 92.5 Å². The predicted molar refractivity (Wildman–Crippen MR) is 54.3 cm³/mol. The van der Waals surface area contributed by atoms with Crippen molar-refractivity contribution in [3.05, 3.63) is 28.3 Å². The molecule has 0 spiro atoms. The molecule has 0 aliphatic carbocycles. The standard InChI is InChI=1S/C9H6F4N2O4/c10-7(9(11,12)13)8(17)14-5-2-1-4(15(18)19)3-6(5)16/h1-3,7,16H,(H,14,17)/t7-/m0/s1. The van der Waals surface area contributed by atoms with Crippen molar-refractivity contribution in [2.75, 3.05) is 5.32 Å². The first-order chi connectivity index (χ1) is 8.62. The third-order valence-corrected chi connectivity index (χ3v) is 1.97. The number of aromatic hydroxyl groups is 1. The highest BCUT2D eigenvalue weighted by atomic mass is 19.4. The summed E-state index contributed by atoms with van der Waals surface area (Å²) in [6.07, 6.45) is -9.14. The van der Waals surface area contributed by atoms with Gasteiger partial charge in [-0.3, -0.25) is 14.9 Å². The van der Waals surface area contributed by atoms with Gasteiger partial charge in [0.05, 0.1) is 16.7 Å². The van der Waals surface area contributed by atoms with Gasteiger partial charge in [-0.15, -0.1) is 0 Å². The minimum atomic E-state index is -5.37. The molecule has 0 heterocycles. The molecule has 1 aromatic rings. The number of phenolic OH excluding ortho intramolecular Hbond substituents is 1. The van der Waals surface area contributed by atoms with Crippen molar-refractivity contribution in [2.24, 2.45) is 0 Å². The maximum atomic E-state index is 12.6. The van der Waals surface area contributed by atoms with E-state index in [4.69, 9.17) is 0 Å². The second-order valence-corrected chi connectivity index (χ2v) is 3.35. The largest absolute Gasteiger partial charge is 0.506 e. The van der Waals surface area contributed by atoms with Crippen molar-refractivity contribution < 1.29 is 32.4 Å². The number of nitro groups is 1. The lowest BCUT2D eigenvalue weighted by Gasteiger charge is -2.12. The van der Waals surface area contributed by atoms with Gasteiger partial charge < -0.3 is 10.4 Å². The first-order valence-corrected chi connectivity index (χ1v) is 4.62. The summed E-state index contributed by atoms with van der Waals surface area (Å²) in [4.78, 5) is 20.3. The Balaban J connectivity index is 2.89. The minimum absolute atomic E-state index is 0.539. The van der Waals surface area contributed by atoms with Crippen LogP contribution in [0.4, 0.5) is 28.9 Å². The number of amides is 1. The number of nitro benzene ring substituents is 1. The zero-order valence-electron chi connectivity index (χ0n) is 8.94. The Kier molecular flexibility index (Phi) is 3.92. The molecule has 0 aliphatic rings. The van der Waals surface area contributed by atoms with Gasteiger partial charge in [-0.1, -0.05) is 0 Å². The fourth-order valence-corrected chi connectivity index (χ4v) is 1.08. The lowest BCUT2D eigenvalue weighted by molar-refractivity contribution is -0.384. The summed E-state index contributed by atoms with van der Waals surface area (Å²) in [5.74, 6) is -2.88. The third-order valence-electron chi connectivity index (χ3n) is 1.97. The van der Waals surface area contributed by atoms with Gasteiger partial charge >= 0.3 is 6.18 Å². The van der Waals surface area contributed by atoms with Gasteiger partial charge in [-0.2, -0.15) is 13.2 Å². The van der Waals surface area contributed by atoms with Gasteiger partial charge in [0, 0.05) is 6.07 Å². The molecule has 0 unspecified atom stereocenters. The van der Waals surface area contributed by atoms with Crippen LogP contribution in [0.25, 0.3) is 0 Å². The van der Waals surface area contributed by atoms with Crippen LogP contribution < -0.4 is 5.32 Å². The molecule has 0 saturated heterocycles. The van der Waals surface area contributed by atoms with Crippen molar-refractivity contribution in [2.45, 2.75) is 12.3 Å². The Bertz CT molecular complexity index is 517. The fourth-order valence-electron chi connectivity index (χ4n) is 1.08. The molecule has 19 heavy (non-hydrogen) atoms. The van der Waals surface area contributed by atoms with Crippen LogP contribution in [0, 0.1) is 10.1 Å². The van der Waals surface area contributed by atoms with E-state index in [2.05, 4.69) is 0 Å². The minimum Gasteiger partial charge on any atom is -0.506 e. The molecule has 1 aromatic carbocycles. The van der Waals surface area contributed by atoms with E-state index in [1.54, 1.807) is 0 Å². The highest BCUT2D eigenvalue weighted by Gasteiger charge is 2.45. The maximum absolute atomic E-state index is 12.6. The van der Waals surface area contributed by atoms with Crippen molar-refractivity contribution >= 4 is 17.3 Å². The molecule has 0 radical (unpaired) electrons. The summed E-state index contributed by atoms with van der Waals surface area (Å²) in [6, 6.07) is 2.22. The quantitative estimate of drug-likeness (QED) is 0.384. The zero-order valence-corrected chi connectivity index (χ0v) is 8.94. The van der Waals surface area contributed by atoms with Crippen LogP contribution in [0.2, 0.25) is 0 Å². The van der Waals surface area contributed by atoms with Gasteiger partial charge in [0.15, 0.2) is 0 Å². The molecule has 104 valence electrons. The number of carbonyl (C=O) groups is 1. The molecule has 0 fully saturated rings. The summed E-state index contributed by atoms with van der Waals surface area (Å²) >= 11 is 0. The lowest BCUT2D eigenvalue weighted by Crippen LogP contribution is -2.36. The van der Waals surface area contributed by atoms with Crippen LogP contribution in [0.5, 0.6) is 5.75 Å². The van der Waals surface area contributed by atoms with Crippen LogP contribution in [-0.4, -0.2) is 28.3 Å². The van der Waals surface area contributed by atoms with E-state index in [0.717, 1.165) is 12.1 Å². The van der Waals surface area contributed by atoms with E-state index in [9.17, 15) is 37.6 Å². The monoisotopic (exact) mass is 282 g/mol. The van der Waals surface area contributed by atoms with Crippen LogP contribution in [-0.2, 0) is 4.79 Å². The number of non-ortho nitro benzene ring substituents is 1. The van der Waals surface area contributed by atoms with Crippen LogP contribution in [0.3, 0.4) is 0 Å². The summed E-state index contributed by atoms with van der Waals surface area (Å²) in [6.45, 7) is 0. The van der Waals surface area contributed by atoms with Crippen molar-refractivity contribution in [1.82, 2.24) is 0 Å². The molecule has 0 aliphatic heterocycles. The van der Waals surface area contributed by atoms with E-state index in [-0.39, 0.29) is 0 Å². The number of benzene rings is 1. The van der Waals surface area contributed by atoms with Gasteiger partial charge in [-0.05, 0) is 6.07 Å². The number of halogens is 4. The molecule has 1 rings (SSSR count). The highest BCUT2D eigenvalue weighted by molar-refractivity contribution is 5.96. The van der Waals surface area contributed by atoms with E-state index >= 15 is 0 Å². The van der Waals surface area contributed by atoms with Crippen LogP contribution >= 0.6 is 0 Å². The van der Waals surface area contributed by atoms with Gasteiger partial charge in [0.25, 0.3) is 17.8 Å². The Morgan fingerprint density at radius 2 is 2.00 bits per heavy atom. The smallest absolute Gasteiger partial charge is 0.428 e. The molecule has 6 nitrogen and oxygen atoms in total. The average Bonchev–Trinajstić information content (AvgIpc) is 2.29. The molecule has 0 aromatic heterocycles. The zero-order chi connectivity index (χ0) is 14.8. The Hall–Kier alpha value is -2.39. The summed E-state index contributed by atoms with van der Waals surface area (Å²) in [7, 11) is 0. The second-order valence-electron chi connectivity index (χ2n) is 3.35. The SMILES string of the molecule is O=C(Nc1ccc([N+](=O)[O-])cc1O)[C@H](F)C(F)(F)F. The molecular formula is C9H6F4N2O4. The highest BCUT2D eigenvalue weighted by Crippen LogP contribution is 2.29. The van der Waals surface area contributed by atoms with Crippen molar-refractivity contribution in [1.29, 1.82) is 0 Å². The Labute approximate surface area is 102 Å². The number of phenols is 1. The normalized spacial score (nSPS) is 12.8. The Morgan fingerprint density at radius 3 is 2.42 bits per heavy atom. The molecule has 1 atom stereocenters. The number of carbonyl (C=O) groups excluding carboxylic acids is 1. The van der Waals surface area contributed by atoms with Crippen molar-refractivity contribution in [3.63, 3.8) is 0 Å². The van der Waals surface area contributed by atoms with E-state index in [1.165, 1.54) is 5.32 Å². The number of hydrogen-bond acceptors (Lipinski definition) is 4. The average molecular weight is 282 g/mol. The van der Waals surface area contributed by atoms with E-state index in [0.29, 0.717) is 6.07 Å². The molecule has 10 heteroatoms. The van der Waals surface area contributed by atoms with Gasteiger partial charge in [-0.25, -0.2) is 4.39 Å². The number of hydrogen-bond donors (Lipinski definition) is 2. The van der Waals surface area contributed by atoms with Gasteiger partial charge in [0.2, 0.25) is 0 Å². The number of rotatable bonds is 3. The molecule has 0 bridgehead atoms. The van der Waals surface area contributed by atoms with Gasteiger partial charge in [0.1, 0.15) is 5.75 Å². The maximum Gasteiger partial charge on any atom is 0.428 e. The third kappa shape index (κ3) is 3.53. The molecule has 0 saturated carbocycles. The molecular weight excluding hydrogens is 276 g/mol. The summed E-state index contributed by atoms with van der Waals surface area (Å²) in [5.41, 5.74) is -1.11. The fraction of sp³-hybridized carbons (Fsp3) is 0.222. The predicted octanol–water partition coefficient (Wildman–Crippen LogP) is 2.14. The summed E-state index contributed by atoms with van der Waals surface area (Å²) in [5, 5.41) is 21.1. The first kappa shape index (κ1) is 14.7.